The van der Waals surface area contributed by atoms with Crippen molar-refractivity contribution in [3.05, 3.63) is 23.4 Å². The lowest BCUT2D eigenvalue weighted by Gasteiger charge is -2.19. The number of anilines is 1. The third-order valence-corrected chi connectivity index (χ3v) is 2.62. The second kappa shape index (κ2) is 6.57. The third kappa shape index (κ3) is 4.32. The quantitative estimate of drug-likeness (QED) is 0.783. The van der Waals surface area contributed by atoms with Gasteiger partial charge in [0.25, 0.3) is 0 Å². The first-order valence-corrected chi connectivity index (χ1v) is 6.05. The fourth-order valence-electron chi connectivity index (χ4n) is 1.70. The molecule has 1 aromatic rings. The van der Waals surface area contributed by atoms with Gasteiger partial charge in [-0.05, 0) is 24.1 Å². The number of aromatic nitrogens is 1. The summed E-state index contributed by atoms with van der Waals surface area (Å²) in [7, 11) is 1.94. The van der Waals surface area contributed by atoms with Crippen LogP contribution < -0.4 is 10.2 Å². The van der Waals surface area contributed by atoms with Gasteiger partial charge in [-0.3, -0.25) is 0 Å². The Morgan fingerprint density at radius 1 is 1.47 bits per heavy atom. The van der Waals surface area contributed by atoms with E-state index in [4.69, 9.17) is 5.11 Å². The van der Waals surface area contributed by atoms with E-state index in [-0.39, 0.29) is 6.61 Å². The summed E-state index contributed by atoms with van der Waals surface area (Å²) in [6.45, 7) is 7.91. The third-order valence-electron chi connectivity index (χ3n) is 2.62. The van der Waals surface area contributed by atoms with Gasteiger partial charge >= 0.3 is 0 Å². The zero-order chi connectivity index (χ0) is 12.8. The van der Waals surface area contributed by atoms with Gasteiger partial charge in [0.05, 0.1) is 6.61 Å². The van der Waals surface area contributed by atoms with Crippen LogP contribution in [0.3, 0.4) is 0 Å². The molecule has 0 unspecified atom stereocenters. The molecular formula is C13H23N3O. The number of likely N-dealkylation sites (N-methyl/N-ethyl adjacent to an activating group) is 1. The minimum atomic E-state index is 0.147. The minimum absolute atomic E-state index is 0.147. The Morgan fingerprint density at radius 3 is 2.71 bits per heavy atom. The van der Waals surface area contributed by atoms with Crippen LogP contribution in [0.4, 0.5) is 5.82 Å². The van der Waals surface area contributed by atoms with Crippen LogP contribution in [-0.2, 0) is 6.54 Å². The van der Waals surface area contributed by atoms with Crippen molar-refractivity contribution in [3.8, 4) is 0 Å². The van der Waals surface area contributed by atoms with Gasteiger partial charge < -0.3 is 15.3 Å². The predicted molar refractivity (Wildman–Crippen MR) is 71.3 cm³/mol. The fraction of sp³-hybridized carbons (Fsp3) is 0.615. The molecule has 1 aromatic heterocycles. The summed E-state index contributed by atoms with van der Waals surface area (Å²) in [4.78, 5) is 6.42. The number of aliphatic hydroxyl groups excluding tert-OH is 1. The lowest BCUT2D eigenvalue weighted by atomic mass is 10.2. The van der Waals surface area contributed by atoms with Crippen LogP contribution in [0.5, 0.6) is 0 Å². The van der Waals surface area contributed by atoms with Crippen LogP contribution in [-0.4, -0.2) is 36.3 Å². The van der Waals surface area contributed by atoms with Gasteiger partial charge in [-0.15, -0.1) is 0 Å². The van der Waals surface area contributed by atoms with Crippen molar-refractivity contribution < 1.29 is 5.11 Å². The lowest BCUT2D eigenvalue weighted by Crippen LogP contribution is -2.24. The number of rotatable bonds is 6. The van der Waals surface area contributed by atoms with Crippen molar-refractivity contribution in [1.82, 2.24) is 10.3 Å². The summed E-state index contributed by atoms with van der Waals surface area (Å²) < 4.78 is 0. The zero-order valence-corrected chi connectivity index (χ0v) is 11.2. The Balaban J connectivity index is 2.72. The van der Waals surface area contributed by atoms with E-state index in [1.54, 1.807) is 0 Å². The van der Waals surface area contributed by atoms with E-state index in [0.717, 1.165) is 17.9 Å². The van der Waals surface area contributed by atoms with E-state index in [2.05, 4.69) is 37.1 Å². The normalized spacial score (nSPS) is 10.9. The molecule has 1 rings (SSSR count). The van der Waals surface area contributed by atoms with E-state index < -0.39 is 0 Å². The van der Waals surface area contributed by atoms with Crippen LogP contribution in [0.15, 0.2) is 12.3 Å². The van der Waals surface area contributed by atoms with E-state index in [1.165, 1.54) is 5.56 Å². The Kier molecular flexibility index (Phi) is 5.38. The van der Waals surface area contributed by atoms with Crippen LogP contribution in [0.25, 0.3) is 0 Å². The molecule has 0 spiro atoms. The summed E-state index contributed by atoms with van der Waals surface area (Å²) in [6, 6.07) is 2.62. The SMILES string of the molecule is Cc1cc(CNC(C)C)cnc1N(C)CCO. The number of aryl methyl sites for hydroxylation is 1. The highest BCUT2D eigenvalue weighted by molar-refractivity contribution is 5.46. The molecule has 4 heteroatoms. The average Bonchev–Trinajstić information content (AvgIpc) is 2.26. The van der Waals surface area contributed by atoms with Gasteiger partial charge in [-0.2, -0.15) is 0 Å². The molecule has 0 aliphatic heterocycles. The number of nitrogens with zero attached hydrogens (tertiary/aromatic N) is 2. The first-order chi connectivity index (χ1) is 8.04. The van der Waals surface area contributed by atoms with E-state index >= 15 is 0 Å². The van der Waals surface area contributed by atoms with Crippen molar-refractivity contribution in [2.45, 2.75) is 33.4 Å². The molecule has 0 radical (unpaired) electrons. The number of pyridine rings is 1. The first-order valence-electron chi connectivity index (χ1n) is 6.05. The fourth-order valence-corrected chi connectivity index (χ4v) is 1.70. The summed E-state index contributed by atoms with van der Waals surface area (Å²) in [5, 5.41) is 12.3. The largest absolute Gasteiger partial charge is 0.395 e. The molecule has 0 aliphatic carbocycles. The minimum Gasteiger partial charge on any atom is -0.395 e. The standard InChI is InChI=1S/C13H23N3O/c1-10(2)14-8-12-7-11(3)13(15-9-12)16(4)5-6-17/h7,9-10,14,17H,5-6,8H2,1-4H3. The molecule has 0 aliphatic rings. The van der Waals surface area contributed by atoms with Gasteiger partial charge in [0.2, 0.25) is 0 Å². The Bertz CT molecular complexity index is 353. The first kappa shape index (κ1) is 13.9. The van der Waals surface area contributed by atoms with Crippen molar-refractivity contribution in [2.75, 3.05) is 25.1 Å². The average molecular weight is 237 g/mol. The molecule has 4 nitrogen and oxygen atoms in total. The van der Waals surface area contributed by atoms with Crippen LogP contribution >= 0.6 is 0 Å². The molecule has 0 fully saturated rings. The molecule has 0 bridgehead atoms. The summed E-state index contributed by atoms with van der Waals surface area (Å²) in [5.41, 5.74) is 2.33. The lowest BCUT2D eigenvalue weighted by molar-refractivity contribution is 0.304. The molecule has 0 saturated carbocycles. The van der Waals surface area contributed by atoms with Crippen molar-refractivity contribution >= 4 is 5.82 Å². The second-order valence-corrected chi connectivity index (χ2v) is 4.66. The van der Waals surface area contributed by atoms with Crippen molar-refractivity contribution in [1.29, 1.82) is 0 Å². The summed E-state index contributed by atoms with van der Waals surface area (Å²) in [6.07, 6.45) is 1.89. The van der Waals surface area contributed by atoms with E-state index in [0.29, 0.717) is 12.6 Å². The molecule has 1 heterocycles. The monoisotopic (exact) mass is 237 g/mol. The van der Waals surface area contributed by atoms with Gasteiger partial charge in [-0.25, -0.2) is 4.98 Å². The maximum atomic E-state index is 8.91. The number of hydrogen-bond donors (Lipinski definition) is 2. The maximum Gasteiger partial charge on any atom is 0.131 e. The second-order valence-electron chi connectivity index (χ2n) is 4.66. The highest BCUT2D eigenvalue weighted by Gasteiger charge is 2.06. The van der Waals surface area contributed by atoms with Crippen molar-refractivity contribution in [3.63, 3.8) is 0 Å². The topological polar surface area (TPSA) is 48.4 Å². The summed E-state index contributed by atoms with van der Waals surface area (Å²) in [5.74, 6) is 0.937. The molecule has 0 amide bonds. The Morgan fingerprint density at radius 2 is 2.18 bits per heavy atom. The van der Waals surface area contributed by atoms with E-state index in [1.807, 2.05) is 18.1 Å². The smallest absolute Gasteiger partial charge is 0.131 e. The molecular weight excluding hydrogens is 214 g/mol. The number of nitrogens with one attached hydrogen (secondary N) is 1. The molecule has 96 valence electrons. The molecule has 17 heavy (non-hydrogen) atoms. The van der Waals surface area contributed by atoms with Gasteiger partial charge in [0, 0.05) is 32.4 Å². The molecule has 2 N–H and O–H groups in total. The number of aliphatic hydroxyl groups is 1. The van der Waals surface area contributed by atoms with Crippen LogP contribution in [0.2, 0.25) is 0 Å². The van der Waals surface area contributed by atoms with Gasteiger partial charge in [0.15, 0.2) is 0 Å². The van der Waals surface area contributed by atoms with Crippen molar-refractivity contribution in [2.24, 2.45) is 0 Å². The Hall–Kier alpha value is -1.13. The highest BCUT2D eigenvalue weighted by atomic mass is 16.3. The highest BCUT2D eigenvalue weighted by Crippen LogP contribution is 2.16. The maximum absolute atomic E-state index is 8.91. The van der Waals surface area contributed by atoms with Crippen LogP contribution in [0.1, 0.15) is 25.0 Å². The number of hydrogen-bond acceptors (Lipinski definition) is 4. The van der Waals surface area contributed by atoms with E-state index in [9.17, 15) is 0 Å². The Labute approximate surface area is 104 Å². The molecule has 0 atom stereocenters. The van der Waals surface area contributed by atoms with Gasteiger partial charge in [-0.1, -0.05) is 13.8 Å². The van der Waals surface area contributed by atoms with Gasteiger partial charge in [0.1, 0.15) is 5.82 Å². The van der Waals surface area contributed by atoms with Crippen LogP contribution in [0, 0.1) is 6.92 Å². The zero-order valence-electron chi connectivity index (χ0n) is 11.2. The predicted octanol–water partition coefficient (Wildman–Crippen LogP) is 1.32. The molecule has 0 saturated heterocycles. The molecule has 0 aromatic carbocycles. The summed E-state index contributed by atoms with van der Waals surface area (Å²) >= 11 is 0.